The number of alkyl halides is 3. The normalized spacial score (nSPS) is 17.0. The first-order chi connectivity index (χ1) is 21.9. The fraction of sp³-hybridized carbons (Fsp3) is 0.276. The van der Waals surface area contributed by atoms with Gasteiger partial charge in [0, 0.05) is 43.3 Å². The van der Waals surface area contributed by atoms with Crippen molar-refractivity contribution in [2.75, 3.05) is 25.1 Å². The largest absolute Gasteiger partial charge is 0.489 e. The zero-order chi connectivity index (χ0) is 32.3. The number of amides is 2. The van der Waals surface area contributed by atoms with Gasteiger partial charge in [-0.1, -0.05) is 6.07 Å². The molecule has 0 bridgehead atoms. The number of hydrogen-bond acceptors (Lipinski definition) is 8. The van der Waals surface area contributed by atoms with E-state index in [1.807, 2.05) is 4.90 Å². The number of aromatic nitrogens is 5. The number of imidazole rings is 1. The Morgan fingerprint density at radius 2 is 1.96 bits per heavy atom. The Kier molecular flexibility index (Phi) is 7.23. The highest BCUT2D eigenvalue weighted by Crippen LogP contribution is 2.33. The molecule has 0 aliphatic carbocycles. The van der Waals surface area contributed by atoms with E-state index in [0.717, 1.165) is 17.7 Å². The summed E-state index contributed by atoms with van der Waals surface area (Å²) in [6.07, 6.45) is -3.20. The Morgan fingerprint density at radius 3 is 2.74 bits per heavy atom. The lowest BCUT2D eigenvalue weighted by Crippen LogP contribution is -2.49. The maximum atomic E-state index is 14.4. The topological polar surface area (TPSA) is 110 Å². The summed E-state index contributed by atoms with van der Waals surface area (Å²) in [4.78, 5) is 38.2. The number of hydrogen-bond donors (Lipinski definition) is 1. The van der Waals surface area contributed by atoms with E-state index in [1.165, 1.54) is 37.6 Å². The molecule has 0 saturated heterocycles. The van der Waals surface area contributed by atoms with Gasteiger partial charge >= 0.3 is 6.18 Å². The minimum atomic E-state index is -4.62. The standard InChI is InChI=1S/C29H23F5N8O3S/c1-39-21-5-2-15(10-40-6-7-42-24(12-40)37-27(38-42)29(32,33)34)8-23(21)45-13-20(26(39)44)35-25(43)19-11-41-22(14-46-28(41)36-19)17-4-3-16(30)9-18(17)31/h2-5,8-9,11,14,20H,6-7,10,12-13H2,1H3,(H,35,43)/t20-/m0/s1. The second-order valence-corrected chi connectivity index (χ2v) is 11.7. The van der Waals surface area contributed by atoms with Gasteiger partial charge in [0.25, 0.3) is 17.6 Å². The molecule has 0 saturated carbocycles. The first-order valence-electron chi connectivity index (χ1n) is 13.9. The molecular weight excluding hydrogens is 635 g/mol. The zero-order valence-corrected chi connectivity index (χ0v) is 24.7. The Morgan fingerprint density at radius 1 is 1.13 bits per heavy atom. The van der Waals surface area contributed by atoms with Crippen molar-refractivity contribution in [1.82, 2.24) is 34.4 Å². The van der Waals surface area contributed by atoms with Crippen LogP contribution in [-0.4, -0.2) is 67.1 Å². The molecule has 3 aromatic heterocycles. The van der Waals surface area contributed by atoms with Crippen LogP contribution < -0.4 is 15.0 Å². The Balaban J connectivity index is 1.04. The van der Waals surface area contributed by atoms with Gasteiger partial charge < -0.3 is 15.0 Å². The van der Waals surface area contributed by atoms with E-state index in [0.29, 0.717) is 35.2 Å². The fourth-order valence-corrected chi connectivity index (χ4v) is 6.34. The molecule has 1 N–H and O–H groups in total. The van der Waals surface area contributed by atoms with Crippen molar-refractivity contribution < 1.29 is 36.3 Å². The molecule has 2 aromatic carbocycles. The lowest BCUT2D eigenvalue weighted by molar-refractivity contribution is -0.145. The van der Waals surface area contributed by atoms with Crippen LogP contribution in [0.15, 0.2) is 48.0 Å². The number of carbonyl (C=O) groups excluding carboxylic acids is 2. The minimum absolute atomic E-state index is 0.00478. The van der Waals surface area contributed by atoms with Crippen LogP contribution in [0.1, 0.15) is 27.7 Å². The number of rotatable bonds is 5. The molecule has 0 spiro atoms. The first-order valence-corrected chi connectivity index (χ1v) is 14.8. The van der Waals surface area contributed by atoms with E-state index in [-0.39, 0.29) is 36.8 Å². The highest BCUT2D eigenvalue weighted by atomic mass is 32.1. The van der Waals surface area contributed by atoms with Gasteiger partial charge in [-0.05, 0) is 29.8 Å². The maximum Gasteiger partial charge on any atom is 0.453 e. The van der Waals surface area contributed by atoms with Crippen LogP contribution in [0.3, 0.4) is 0 Å². The molecular formula is C29H23F5N8O3S. The number of thiazole rings is 1. The van der Waals surface area contributed by atoms with Gasteiger partial charge in [0.1, 0.15) is 41.6 Å². The summed E-state index contributed by atoms with van der Waals surface area (Å²) in [6.45, 7) is 1.12. The number of nitrogens with one attached hydrogen (secondary N) is 1. The first kappa shape index (κ1) is 29.8. The van der Waals surface area contributed by atoms with E-state index in [9.17, 15) is 31.5 Å². The van der Waals surface area contributed by atoms with Crippen molar-refractivity contribution in [2.45, 2.75) is 31.9 Å². The Hall–Kier alpha value is -4.90. The molecule has 2 aliphatic heterocycles. The Bertz CT molecular complexity index is 2000. The second kappa shape index (κ2) is 11.2. The summed E-state index contributed by atoms with van der Waals surface area (Å²) in [7, 11) is 1.56. The van der Waals surface area contributed by atoms with Gasteiger partial charge in [-0.2, -0.15) is 13.2 Å². The van der Waals surface area contributed by atoms with Crippen LogP contribution in [0.25, 0.3) is 16.2 Å². The molecule has 0 radical (unpaired) electrons. The lowest BCUT2D eigenvalue weighted by Gasteiger charge is -2.27. The van der Waals surface area contributed by atoms with Gasteiger partial charge in [-0.15, -0.1) is 16.4 Å². The number of halogens is 5. The Labute approximate surface area is 260 Å². The molecule has 0 fully saturated rings. The molecule has 7 rings (SSSR count). The quantitative estimate of drug-likeness (QED) is 0.283. The average molecular weight is 659 g/mol. The van der Waals surface area contributed by atoms with Crippen LogP contribution in [0.4, 0.5) is 27.6 Å². The number of fused-ring (bicyclic) bond motifs is 3. The van der Waals surface area contributed by atoms with Crippen LogP contribution in [-0.2, 0) is 30.6 Å². The van der Waals surface area contributed by atoms with Gasteiger partial charge in [-0.25, -0.2) is 23.4 Å². The molecule has 5 heterocycles. The van der Waals surface area contributed by atoms with Crippen LogP contribution >= 0.6 is 11.3 Å². The third kappa shape index (κ3) is 5.44. The smallest absolute Gasteiger partial charge is 0.453 e. The summed E-state index contributed by atoms with van der Waals surface area (Å²) in [6, 6.07) is 7.42. The third-order valence-electron chi connectivity index (χ3n) is 7.77. The van der Waals surface area contributed by atoms with E-state index >= 15 is 0 Å². The fourth-order valence-electron chi connectivity index (χ4n) is 5.47. The molecule has 17 heteroatoms. The molecule has 238 valence electrons. The summed E-state index contributed by atoms with van der Waals surface area (Å²) in [5, 5.41) is 7.87. The molecule has 2 aliphatic rings. The van der Waals surface area contributed by atoms with Crippen molar-refractivity contribution in [1.29, 1.82) is 0 Å². The predicted octanol–water partition coefficient (Wildman–Crippen LogP) is 4.12. The number of benzene rings is 2. The molecule has 1 atom stereocenters. The molecule has 2 amide bonds. The van der Waals surface area contributed by atoms with Crippen LogP contribution in [0.5, 0.6) is 5.75 Å². The number of likely N-dealkylation sites (N-methyl/N-ethyl adjacent to an activating group) is 1. The van der Waals surface area contributed by atoms with Gasteiger partial charge in [0.05, 0.1) is 24.5 Å². The summed E-state index contributed by atoms with van der Waals surface area (Å²) in [5.74, 6) is -3.07. The highest BCUT2D eigenvalue weighted by molar-refractivity contribution is 7.15. The second-order valence-electron chi connectivity index (χ2n) is 10.8. The molecule has 0 unspecified atom stereocenters. The van der Waals surface area contributed by atoms with Gasteiger partial charge in [0.15, 0.2) is 4.96 Å². The van der Waals surface area contributed by atoms with E-state index in [2.05, 4.69) is 20.4 Å². The number of nitrogens with zero attached hydrogens (tertiary/aromatic N) is 7. The van der Waals surface area contributed by atoms with Crippen LogP contribution in [0, 0.1) is 11.6 Å². The number of anilines is 1. The van der Waals surface area contributed by atoms with E-state index in [1.54, 1.807) is 30.6 Å². The van der Waals surface area contributed by atoms with E-state index in [4.69, 9.17) is 4.74 Å². The third-order valence-corrected chi connectivity index (χ3v) is 8.61. The van der Waals surface area contributed by atoms with Gasteiger partial charge in [0.2, 0.25) is 0 Å². The van der Waals surface area contributed by atoms with Crippen molar-refractivity contribution in [3.8, 4) is 17.0 Å². The minimum Gasteiger partial charge on any atom is -0.489 e. The SMILES string of the molecule is CN1C(=O)[C@@H](NC(=O)c2cn3c(-c4ccc(F)cc4F)csc3n2)COc2cc(CN3CCn4nc(C(F)(F)F)nc4C3)ccc21. The van der Waals surface area contributed by atoms with Crippen molar-refractivity contribution in [3.63, 3.8) is 0 Å². The van der Waals surface area contributed by atoms with E-state index < -0.39 is 41.5 Å². The van der Waals surface area contributed by atoms with Crippen molar-refractivity contribution in [2.24, 2.45) is 0 Å². The highest BCUT2D eigenvalue weighted by Gasteiger charge is 2.38. The van der Waals surface area contributed by atoms with Crippen molar-refractivity contribution in [3.05, 3.63) is 82.5 Å². The molecule has 5 aromatic rings. The summed E-state index contributed by atoms with van der Waals surface area (Å²) >= 11 is 1.17. The average Bonchev–Trinajstić information content (AvgIpc) is 3.72. The molecule has 46 heavy (non-hydrogen) atoms. The van der Waals surface area contributed by atoms with Crippen LogP contribution in [0.2, 0.25) is 0 Å². The molecule has 11 nitrogen and oxygen atoms in total. The number of ether oxygens (including phenoxy) is 1. The van der Waals surface area contributed by atoms with Crippen molar-refractivity contribution >= 4 is 33.8 Å². The maximum absolute atomic E-state index is 14.4. The zero-order valence-electron chi connectivity index (χ0n) is 23.9. The predicted molar refractivity (Wildman–Crippen MR) is 154 cm³/mol. The summed E-state index contributed by atoms with van der Waals surface area (Å²) < 4.78 is 75.7. The van der Waals surface area contributed by atoms with Gasteiger partial charge in [-0.3, -0.25) is 18.9 Å². The summed E-state index contributed by atoms with van der Waals surface area (Å²) in [5.41, 5.74) is 1.81. The monoisotopic (exact) mass is 658 g/mol. The number of carbonyl (C=O) groups is 2. The lowest BCUT2D eigenvalue weighted by atomic mass is 10.1.